The molecule has 0 atom stereocenters. The molecule has 2 aliphatic heterocycles. The fourth-order valence-corrected chi connectivity index (χ4v) is 3.78. The van der Waals surface area contributed by atoms with Crippen molar-refractivity contribution in [3.8, 4) is 5.69 Å². The van der Waals surface area contributed by atoms with E-state index in [0.717, 1.165) is 11.4 Å². The highest BCUT2D eigenvalue weighted by Gasteiger charge is 2.25. The number of amides is 2. The van der Waals surface area contributed by atoms with Crippen molar-refractivity contribution in [2.24, 2.45) is 0 Å². The van der Waals surface area contributed by atoms with Gasteiger partial charge in [-0.15, -0.1) is 0 Å². The Balaban J connectivity index is 1.29. The molecule has 1 aromatic heterocycles. The summed E-state index contributed by atoms with van der Waals surface area (Å²) in [7, 11) is 0. The van der Waals surface area contributed by atoms with Crippen molar-refractivity contribution < 1.29 is 14.3 Å². The number of aromatic nitrogens is 2. The van der Waals surface area contributed by atoms with E-state index in [4.69, 9.17) is 4.74 Å². The second kappa shape index (κ2) is 8.75. The average Bonchev–Trinajstić information content (AvgIpc) is 3.20. The number of benzene rings is 1. The molecule has 8 nitrogen and oxygen atoms in total. The highest BCUT2D eigenvalue weighted by Crippen LogP contribution is 2.14. The molecule has 0 spiro atoms. The van der Waals surface area contributed by atoms with E-state index in [9.17, 15) is 9.59 Å². The highest BCUT2D eigenvalue weighted by molar-refractivity contribution is 5.94. The summed E-state index contributed by atoms with van der Waals surface area (Å²) >= 11 is 0. The molecule has 1 aromatic carbocycles. The fourth-order valence-electron chi connectivity index (χ4n) is 3.78. The molecule has 3 heterocycles. The number of rotatable bonds is 4. The van der Waals surface area contributed by atoms with E-state index in [1.807, 2.05) is 51.7 Å². The molecule has 2 aromatic rings. The standard InChI is InChI=1S/C21H27N5O3/c1-17-6-7-22-26(17)19-4-2-18(3-5-19)21(28)25-10-8-23(9-11-25)16-20(27)24-12-14-29-15-13-24/h2-7H,8-16H2,1H3. The van der Waals surface area contributed by atoms with E-state index in [0.29, 0.717) is 64.6 Å². The monoisotopic (exact) mass is 397 g/mol. The summed E-state index contributed by atoms with van der Waals surface area (Å²) in [5.41, 5.74) is 2.67. The van der Waals surface area contributed by atoms with Gasteiger partial charge in [-0.1, -0.05) is 0 Å². The summed E-state index contributed by atoms with van der Waals surface area (Å²) in [5.74, 6) is 0.186. The van der Waals surface area contributed by atoms with Gasteiger partial charge in [0.05, 0.1) is 25.4 Å². The Bertz CT molecular complexity index is 849. The first kappa shape index (κ1) is 19.6. The molecular weight excluding hydrogens is 370 g/mol. The van der Waals surface area contributed by atoms with Gasteiger partial charge in [-0.05, 0) is 37.3 Å². The topological polar surface area (TPSA) is 70.9 Å². The van der Waals surface area contributed by atoms with Gasteiger partial charge in [-0.2, -0.15) is 5.10 Å². The molecule has 2 saturated heterocycles. The van der Waals surface area contributed by atoms with Crippen LogP contribution < -0.4 is 0 Å². The SMILES string of the molecule is Cc1ccnn1-c1ccc(C(=O)N2CCN(CC(=O)N3CCOCC3)CC2)cc1. The molecule has 0 radical (unpaired) electrons. The molecule has 2 aliphatic rings. The van der Waals surface area contributed by atoms with Crippen molar-refractivity contribution in [1.82, 2.24) is 24.5 Å². The van der Waals surface area contributed by atoms with E-state index >= 15 is 0 Å². The first-order valence-electron chi connectivity index (χ1n) is 10.1. The molecule has 0 aliphatic carbocycles. The number of carbonyl (C=O) groups excluding carboxylic acids is 2. The minimum absolute atomic E-state index is 0.0351. The number of nitrogens with zero attached hydrogens (tertiary/aromatic N) is 5. The van der Waals surface area contributed by atoms with Crippen LogP contribution in [0.5, 0.6) is 0 Å². The van der Waals surface area contributed by atoms with Crippen LogP contribution in [-0.2, 0) is 9.53 Å². The largest absolute Gasteiger partial charge is 0.378 e. The number of morpholine rings is 1. The Morgan fingerprint density at radius 3 is 2.24 bits per heavy atom. The van der Waals surface area contributed by atoms with Gasteiger partial charge in [0.1, 0.15) is 0 Å². The third kappa shape index (κ3) is 4.49. The molecule has 0 bridgehead atoms. The molecule has 0 saturated carbocycles. The Morgan fingerprint density at radius 1 is 0.931 bits per heavy atom. The van der Waals surface area contributed by atoms with E-state index in [2.05, 4.69) is 10.00 Å². The maximum Gasteiger partial charge on any atom is 0.253 e. The Labute approximate surface area is 170 Å². The maximum atomic E-state index is 12.8. The zero-order chi connectivity index (χ0) is 20.2. The van der Waals surface area contributed by atoms with Crippen molar-refractivity contribution in [3.05, 3.63) is 47.8 Å². The van der Waals surface area contributed by atoms with Crippen molar-refractivity contribution in [2.75, 3.05) is 59.0 Å². The first-order valence-corrected chi connectivity index (χ1v) is 10.1. The number of ether oxygens (including phenoxy) is 1. The van der Waals surface area contributed by atoms with Crippen LogP contribution in [0, 0.1) is 6.92 Å². The Hall–Kier alpha value is -2.71. The highest BCUT2D eigenvalue weighted by atomic mass is 16.5. The lowest BCUT2D eigenvalue weighted by atomic mass is 10.1. The van der Waals surface area contributed by atoms with Crippen LogP contribution in [0.15, 0.2) is 36.5 Å². The number of hydrogen-bond acceptors (Lipinski definition) is 5. The second-order valence-electron chi connectivity index (χ2n) is 7.49. The lowest BCUT2D eigenvalue weighted by Gasteiger charge is -2.36. The summed E-state index contributed by atoms with van der Waals surface area (Å²) in [6.45, 7) is 7.69. The van der Waals surface area contributed by atoms with E-state index in [1.54, 1.807) is 6.20 Å². The van der Waals surface area contributed by atoms with Crippen molar-refractivity contribution in [2.45, 2.75) is 6.92 Å². The quantitative estimate of drug-likeness (QED) is 0.763. The van der Waals surface area contributed by atoms with Gasteiger partial charge in [0.15, 0.2) is 0 Å². The molecule has 4 rings (SSSR count). The Kier molecular flexibility index (Phi) is 5.92. The molecule has 2 fully saturated rings. The van der Waals surface area contributed by atoms with Crippen LogP contribution in [-0.4, -0.2) is 95.3 Å². The lowest BCUT2D eigenvalue weighted by Crippen LogP contribution is -2.52. The van der Waals surface area contributed by atoms with Crippen LogP contribution in [0.4, 0.5) is 0 Å². The number of aryl methyl sites for hydroxylation is 1. The van der Waals surface area contributed by atoms with Gasteiger partial charge in [-0.3, -0.25) is 14.5 Å². The molecule has 154 valence electrons. The van der Waals surface area contributed by atoms with Gasteiger partial charge in [0.25, 0.3) is 5.91 Å². The Morgan fingerprint density at radius 2 is 1.62 bits per heavy atom. The number of carbonyl (C=O) groups is 2. The van der Waals surface area contributed by atoms with Gasteiger partial charge in [0, 0.05) is 56.7 Å². The number of hydrogen-bond donors (Lipinski definition) is 0. The zero-order valence-electron chi connectivity index (χ0n) is 16.8. The van der Waals surface area contributed by atoms with Crippen LogP contribution >= 0.6 is 0 Å². The van der Waals surface area contributed by atoms with Crippen LogP contribution in [0.1, 0.15) is 16.1 Å². The summed E-state index contributed by atoms with van der Waals surface area (Å²) in [6, 6.07) is 9.50. The van der Waals surface area contributed by atoms with Gasteiger partial charge in [0.2, 0.25) is 5.91 Å². The third-order valence-electron chi connectivity index (χ3n) is 5.57. The zero-order valence-corrected chi connectivity index (χ0v) is 16.8. The van der Waals surface area contributed by atoms with Gasteiger partial charge < -0.3 is 14.5 Å². The molecule has 8 heteroatoms. The summed E-state index contributed by atoms with van der Waals surface area (Å²) < 4.78 is 7.15. The summed E-state index contributed by atoms with van der Waals surface area (Å²) in [4.78, 5) is 31.1. The predicted octanol–water partition coefficient (Wildman–Crippen LogP) is 0.797. The number of piperazine rings is 1. The van der Waals surface area contributed by atoms with E-state index < -0.39 is 0 Å². The molecule has 0 N–H and O–H groups in total. The van der Waals surface area contributed by atoms with Gasteiger partial charge in [-0.25, -0.2) is 4.68 Å². The molecule has 0 unspecified atom stereocenters. The third-order valence-corrected chi connectivity index (χ3v) is 5.57. The van der Waals surface area contributed by atoms with E-state index in [-0.39, 0.29) is 11.8 Å². The normalized spacial score (nSPS) is 18.1. The first-order chi connectivity index (χ1) is 14.1. The minimum atomic E-state index is 0.0351. The average molecular weight is 397 g/mol. The smallest absolute Gasteiger partial charge is 0.253 e. The van der Waals surface area contributed by atoms with Crippen molar-refractivity contribution in [1.29, 1.82) is 0 Å². The molecule has 2 amide bonds. The second-order valence-corrected chi connectivity index (χ2v) is 7.49. The predicted molar refractivity (Wildman–Crippen MR) is 108 cm³/mol. The molecular formula is C21H27N5O3. The van der Waals surface area contributed by atoms with Crippen LogP contribution in [0.25, 0.3) is 5.69 Å². The van der Waals surface area contributed by atoms with Crippen LogP contribution in [0.2, 0.25) is 0 Å². The fraction of sp³-hybridized carbons (Fsp3) is 0.476. The van der Waals surface area contributed by atoms with Gasteiger partial charge >= 0.3 is 0 Å². The lowest BCUT2D eigenvalue weighted by molar-refractivity contribution is -0.136. The van der Waals surface area contributed by atoms with E-state index in [1.165, 1.54) is 0 Å². The summed E-state index contributed by atoms with van der Waals surface area (Å²) in [6.07, 6.45) is 1.76. The van der Waals surface area contributed by atoms with Crippen molar-refractivity contribution >= 4 is 11.8 Å². The van der Waals surface area contributed by atoms with Crippen LogP contribution in [0.3, 0.4) is 0 Å². The summed E-state index contributed by atoms with van der Waals surface area (Å²) in [5, 5.41) is 4.29. The minimum Gasteiger partial charge on any atom is -0.378 e. The molecule has 29 heavy (non-hydrogen) atoms. The van der Waals surface area contributed by atoms with Crippen molar-refractivity contribution in [3.63, 3.8) is 0 Å². The maximum absolute atomic E-state index is 12.8.